The molecule has 1 atom stereocenters. The standard InChI is InChI=1S/C23H29ClN2O2/c1-17(19-11-7-8-12-20(19)24)26-15-13-23(28,14-16-26)22(2,3)21(27)25-18-9-5-4-6-10-18/h4-12,17,28H,13-16H2,1-3H3,(H,25,27). The Bertz CT molecular complexity index is 814. The number of likely N-dealkylation sites (tertiary alicyclic amines) is 1. The molecule has 0 aliphatic carbocycles. The number of aliphatic hydroxyl groups is 1. The van der Waals surface area contributed by atoms with Gasteiger partial charge in [-0.3, -0.25) is 9.69 Å². The van der Waals surface area contributed by atoms with Gasteiger partial charge in [0, 0.05) is 29.8 Å². The lowest BCUT2D eigenvalue weighted by molar-refractivity contribution is -0.150. The van der Waals surface area contributed by atoms with Gasteiger partial charge in [-0.1, -0.05) is 48.0 Å². The molecule has 1 saturated heterocycles. The fourth-order valence-corrected chi connectivity index (χ4v) is 4.23. The Morgan fingerprint density at radius 2 is 1.68 bits per heavy atom. The van der Waals surface area contributed by atoms with E-state index in [-0.39, 0.29) is 11.9 Å². The molecule has 0 saturated carbocycles. The number of para-hydroxylation sites is 1. The fourth-order valence-electron chi connectivity index (χ4n) is 3.94. The number of hydrogen-bond donors (Lipinski definition) is 2. The van der Waals surface area contributed by atoms with Crippen LogP contribution < -0.4 is 5.32 Å². The Hall–Kier alpha value is -1.88. The molecule has 3 rings (SSSR count). The largest absolute Gasteiger partial charge is 0.389 e. The summed E-state index contributed by atoms with van der Waals surface area (Å²) in [6, 6.07) is 17.4. The number of piperidine rings is 1. The summed E-state index contributed by atoms with van der Waals surface area (Å²) in [6.45, 7) is 7.23. The van der Waals surface area contributed by atoms with Crippen molar-refractivity contribution in [2.45, 2.75) is 45.3 Å². The molecule has 2 N–H and O–H groups in total. The monoisotopic (exact) mass is 400 g/mol. The smallest absolute Gasteiger partial charge is 0.232 e. The molecule has 1 aliphatic heterocycles. The van der Waals surface area contributed by atoms with Gasteiger partial charge in [-0.15, -0.1) is 0 Å². The van der Waals surface area contributed by atoms with Crippen LogP contribution in [0.3, 0.4) is 0 Å². The van der Waals surface area contributed by atoms with Crippen LogP contribution in [-0.2, 0) is 4.79 Å². The minimum absolute atomic E-state index is 0.159. The molecule has 4 nitrogen and oxygen atoms in total. The zero-order valence-corrected chi connectivity index (χ0v) is 17.5. The molecule has 2 aromatic carbocycles. The minimum Gasteiger partial charge on any atom is -0.389 e. The molecule has 1 amide bonds. The van der Waals surface area contributed by atoms with Crippen LogP contribution in [0.5, 0.6) is 0 Å². The summed E-state index contributed by atoms with van der Waals surface area (Å²) in [5.41, 5.74) is -0.116. The van der Waals surface area contributed by atoms with E-state index in [9.17, 15) is 9.90 Å². The maximum Gasteiger partial charge on any atom is 0.232 e. The number of anilines is 1. The number of rotatable bonds is 5. The van der Waals surface area contributed by atoms with Crippen LogP contribution in [0.2, 0.25) is 5.02 Å². The summed E-state index contributed by atoms with van der Waals surface area (Å²) in [6.07, 6.45) is 1.08. The molecule has 5 heteroatoms. The number of benzene rings is 2. The van der Waals surface area contributed by atoms with Crippen molar-refractivity contribution in [3.8, 4) is 0 Å². The first kappa shape index (κ1) is 20.8. The summed E-state index contributed by atoms with van der Waals surface area (Å²) >= 11 is 6.36. The molecule has 0 spiro atoms. The normalized spacial score (nSPS) is 18.5. The highest BCUT2D eigenvalue weighted by Gasteiger charge is 2.50. The average molecular weight is 401 g/mol. The van der Waals surface area contributed by atoms with Gasteiger partial charge >= 0.3 is 0 Å². The molecule has 0 aromatic heterocycles. The lowest BCUT2D eigenvalue weighted by Crippen LogP contribution is -2.57. The average Bonchev–Trinajstić information content (AvgIpc) is 2.69. The molecule has 28 heavy (non-hydrogen) atoms. The summed E-state index contributed by atoms with van der Waals surface area (Å²) in [5.74, 6) is -0.159. The van der Waals surface area contributed by atoms with Crippen molar-refractivity contribution >= 4 is 23.2 Å². The van der Waals surface area contributed by atoms with Crippen LogP contribution in [-0.4, -0.2) is 34.6 Å². The topological polar surface area (TPSA) is 52.6 Å². The molecule has 150 valence electrons. The molecule has 2 aromatic rings. The van der Waals surface area contributed by atoms with Crippen molar-refractivity contribution in [1.29, 1.82) is 0 Å². The molecular weight excluding hydrogens is 372 g/mol. The summed E-state index contributed by atoms with van der Waals surface area (Å²) in [7, 11) is 0. The highest BCUT2D eigenvalue weighted by molar-refractivity contribution is 6.31. The number of nitrogens with one attached hydrogen (secondary N) is 1. The minimum atomic E-state index is -1.05. The van der Waals surface area contributed by atoms with Gasteiger partial charge in [0.1, 0.15) is 0 Å². The third kappa shape index (κ3) is 4.09. The second-order valence-electron chi connectivity index (χ2n) is 8.21. The van der Waals surface area contributed by atoms with E-state index in [1.165, 1.54) is 0 Å². The van der Waals surface area contributed by atoms with Crippen molar-refractivity contribution in [3.63, 3.8) is 0 Å². The maximum absolute atomic E-state index is 12.9. The molecule has 1 aliphatic rings. The van der Waals surface area contributed by atoms with E-state index in [0.717, 1.165) is 16.3 Å². The first-order chi connectivity index (χ1) is 13.2. The van der Waals surface area contributed by atoms with Gasteiger partial charge in [0.15, 0.2) is 0 Å². The molecule has 1 heterocycles. The van der Waals surface area contributed by atoms with Gasteiger partial charge in [0.05, 0.1) is 11.0 Å². The quantitative estimate of drug-likeness (QED) is 0.751. The number of carbonyl (C=O) groups is 1. The Morgan fingerprint density at radius 3 is 2.29 bits per heavy atom. The lowest BCUT2D eigenvalue weighted by Gasteiger charge is -2.48. The van der Waals surface area contributed by atoms with Crippen LogP contribution >= 0.6 is 11.6 Å². The SMILES string of the molecule is CC(c1ccccc1Cl)N1CCC(O)(C(C)(C)C(=O)Nc2ccccc2)CC1. The second kappa shape index (κ2) is 8.24. The number of carbonyl (C=O) groups excluding carboxylic acids is 1. The molecule has 1 fully saturated rings. The van der Waals surface area contributed by atoms with Crippen LogP contribution in [0.4, 0.5) is 5.69 Å². The van der Waals surface area contributed by atoms with Crippen molar-refractivity contribution in [2.24, 2.45) is 5.41 Å². The molecule has 1 unspecified atom stereocenters. The maximum atomic E-state index is 12.9. The predicted octanol–water partition coefficient (Wildman–Crippen LogP) is 4.89. The first-order valence-electron chi connectivity index (χ1n) is 9.82. The van der Waals surface area contributed by atoms with E-state index in [0.29, 0.717) is 25.9 Å². The highest BCUT2D eigenvalue weighted by atomic mass is 35.5. The third-order valence-electron chi connectivity index (χ3n) is 6.29. The number of amides is 1. The number of hydrogen-bond acceptors (Lipinski definition) is 3. The van der Waals surface area contributed by atoms with Crippen molar-refractivity contribution in [3.05, 3.63) is 65.2 Å². The summed E-state index contributed by atoms with van der Waals surface area (Å²) in [5, 5.41) is 15.1. The first-order valence-corrected chi connectivity index (χ1v) is 10.2. The summed E-state index contributed by atoms with van der Waals surface area (Å²) in [4.78, 5) is 15.2. The van der Waals surface area contributed by atoms with Gasteiger partial charge in [-0.25, -0.2) is 0 Å². The Balaban J connectivity index is 1.67. The van der Waals surface area contributed by atoms with Crippen LogP contribution in [0.1, 0.15) is 45.2 Å². The molecular formula is C23H29ClN2O2. The van der Waals surface area contributed by atoms with E-state index in [4.69, 9.17) is 11.6 Å². The van der Waals surface area contributed by atoms with Crippen molar-refractivity contribution < 1.29 is 9.90 Å². The molecule has 0 radical (unpaired) electrons. The van der Waals surface area contributed by atoms with E-state index in [1.54, 1.807) is 0 Å². The van der Waals surface area contributed by atoms with Gasteiger partial charge < -0.3 is 10.4 Å². The van der Waals surface area contributed by atoms with E-state index < -0.39 is 11.0 Å². The Labute approximate surface area is 172 Å². The highest BCUT2D eigenvalue weighted by Crippen LogP contribution is 2.42. The lowest BCUT2D eigenvalue weighted by atomic mass is 9.68. The number of halogens is 1. The number of nitrogens with zero attached hydrogens (tertiary/aromatic N) is 1. The summed E-state index contributed by atoms with van der Waals surface area (Å²) < 4.78 is 0. The van der Waals surface area contributed by atoms with Gasteiger partial charge in [0.25, 0.3) is 0 Å². The van der Waals surface area contributed by atoms with Crippen LogP contribution in [0.25, 0.3) is 0 Å². The zero-order valence-electron chi connectivity index (χ0n) is 16.8. The third-order valence-corrected chi connectivity index (χ3v) is 6.64. The van der Waals surface area contributed by atoms with Crippen molar-refractivity contribution in [1.82, 2.24) is 4.90 Å². The Kier molecular flexibility index (Phi) is 6.13. The van der Waals surface area contributed by atoms with Gasteiger partial charge in [-0.05, 0) is 57.4 Å². The van der Waals surface area contributed by atoms with Crippen molar-refractivity contribution in [2.75, 3.05) is 18.4 Å². The van der Waals surface area contributed by atoms with Crippen LogP contribution in [0.15, 0.2) is 54.6 Å². The zero-order chi connectivity index (χ0) is 20.4. The predicted molar refractivity (Wildman–Crippen MR) is 114 cm³/mol. The van der Waals surface area contributed by atoms with Gasteiger partial charge in [0.2, 0.25) is 5.91 Å². The second-order valence-corrected chi connectivity index (χ2v) is 8.62. The van der Waals surface area contributed by atoms with Gasteiger partial charge in [-0.2, -0.15) is 0 Å². The van der Waals surface area contributed by atoms with E-state index in [2.05, 4.69) is 17.1 Å². The Morgan fingerprint density at radius 1 is 1.11 bits per heavy atom. The van der Waals surface area contributed by atoms with Crippen LogP contribution in [0, 0.1) is 5.41 Å². The van der Waals surface area contributed by atoms with E-state index >= 15 is 0 Å². The van der Waals surface area contributed by atoms with E-state index in [1.807, 2.05) is 68.4 Å². The fraction of sp³-hybridized carbons (Fsp3) is 0.435. The molecule has 0 bridgehead atoms.